The third-order valence-electron chi connectivity index (χ3n) is 5.56. The molecule has 5 nitrogen and oxygen atoms in total. The smallest absolute Gasteiger partial charge is 0.253 e. The first-order valence-corrected chi connectivity index (χ1v) is 10.8. The average molecular weight is 403 g/mol. The van der Waals surface area contributed by atoms with Crippen molar-refractivity contribution in [3.8, 4) is 5.69 Å². The van der Waals surface area contributed by atoms with Gasteiger partial charge in [0.2, 0.25) is 0 Å². The number of benzene rings is 2. The summed E-state index contributed by atoms with van der Waals surface area (Å²) in [4.78, 5) is 19.9. The third kappa shape index (κ3) is 3.44. The van der Waals surface area contributed by atoms with Gasteiger partial charge in [-0.25, -0.2) is 9.67 Å². The van der Waals surface area contributed by atoms with E-state index < -0.39 is 0 Å². The molecule has 5 rings (SSSR count). The number of likely N-dealkylation sites (tertiary alicyclic amines) is 1. The van der Waals surface area contributed by atoms with Crippen molar-refractivity contribution in [1.29, 1.82) is 0 Å². The van der Waals surface area contributed by atoms with Crippen LogP contribution in [0.25, 0.3) is 15.9 Å². The van der Waals surface area contributed by atoms with Crippen LogP contribution >= 0.6 is 11.3 Å². The minimum Gasteiger partial charge on any atom is -0.338 e. The highest BCUT2D eigenvalue weighted by molar-refractivity contribution is 7.18. The second-order valence-corrected chi connectivity index (χ2v) is 8.60. The van der Waals surface area contributed by atoms with E-state index in [1.54, 1.807) is 17.5 Å². The second kappa shape index (κ2) is 7.44. The van der Waals surface area contributed by atoms with Crippen LogP contribution in [-0.4, -0.2) is 38.7 Å². The molecule has 1 amide bonds. The zero-order chi connectivity index (χ0) is 19.8. The first kappa shape index (κ1) is 18.1. The zero-order valence-corrected chi connectivity index (χ0v) is 17.1. The predicted octanol–water partition coefficient (Wildman–Crippen LogP) is 4.81. The minimum absolute atomic E-state index is 0.0968. The molecule has 0 N–H and O–H groups in total. The normalized spacial score (nSPS) is 17.0. The summed E-state index contributed by atoms with van der Waals surface area (Å²) in [5.74, 6) is 0.413. The van der Waals surface area contributed by atoms with Crippen LogP contribution in [0.2, 0.25) is 0 Å². The molecule has 0 radical (unpaired) electrons. The number of hydrogen-bond acceptors (Lipinski definition) is 4. The van der Waals surface area contributed by atoms with E-state index in [9.17, 15) is 4.79 Å². The summed E-state index contributed by atoms with van der Waals surface area (Å²) in [6.45, 7) is 3.56. The number of carbonyl (C=O) groups excluding carboxylic acids is 1. The Hall–Kier alpha value is -2.99. The van der Waals surface area contributed by atoms with Crippen LogP contribution in [-0.2, 0) is 0 Å². The molecule has 0 spiro atoms. The van der Waals surface area contributed by atoms with Crippen molar-refractivity contribution in [3.05, 3.63) is 77.1 Å². The summed E-state index contributed by atoms with van der Waals surface area (Å²) in [5.41, 5.74) is 3.82. The number of amides is 1. The van der Waals surface area contributed by atoms with Gasteiger partial charge in [-0.2, -0.15) is 5.10 Å². The highest BCUT2D eigenvalue weighted by Crippen LogP contribution is 2.33. The van der Waals surface area contributed by atoms with Gasteiger partial charge >= 0.3 is 0 Å². The maximum Gasteiger partial charge on any atom is 0.253 e. The van der Waals surface area contributed by atoms with Crippen molar-refractivity contribution in [2.24, 2.45) is 0 Å². The number of carbonyl (C=O) groups is 1. The van der Waals surface area contributed by atoms with Crippen molar-refractivity contribution in [2.45, 2.75) is 25.7 Å². The maximum absolute atomic E-state index is 13.1. The van der Waals surface area contributed by atoms with Gasteiger partial charge in [-0.05, 0) is 62.2 Å². The number of fused-ring (bicyclic) bond motifs is 1. The summed E-state index contributed by atoms with van der Waals surface area (Å²) < 4.78 is 3.09. The Bertz CT molecular complexity index is 1130. The molecule has 146 valence electrons. The Balaban J connectivity index is 1.33. The molecule has 0 aliphatic carbocycles. The number of nitrogens with zero attached hydrogens (tertiary/aromatic N) is 4. The Morgan fingerprint density at radius 2 is 1.93 bits per heavy atom. The van der Waals surface area contributed by atoms with Gasteiger partial charge in [-0.3, -0.25) is 4.79 Å². The number of rotatable bonds is 3. The van der Waals surface area contributed by atoms with Crippen LogP contribution in [0.5, 0.6) is 0 Å². The molecule has 1 aliphatic heterocycles. The van der Waals surface area contributed by atoms with E-state index in [0.29, 0.717) is 5.92 Å². The van der Waals surface area contributed by atoms with Gasteiger partial charge in [0.25, 0.3) is 5.91 Å². The average Bonchev–Trinajstić information content (AvgIpc) is 3.39. The van der Waals surface area contributed by atoms with E-state index in [0.717, 1.165) is 53.4 Å². The topological polar surface area (TPSA) is 51.0 Å². The molecule has 1 aliphatic rings. The predicted molar refractivity (Wildman–Crippen MR) is 116 cm³/mol. The molecule has 2 aromatic heterocycles. The molecule has 1 saturated heterocycles. The van der Waals surface area contributed by atoms with E-state index >= 15 is 0 Å². The fourth-order valence-electron chi connectivity index (χ4n) is 4.00. The van der Waals surface area contributed by atoms with Gasteiger partial charge in [0.15, 0.2) is 0 Å². The number of aromatic nitrogens is 3. The maximum atomic E-state index is 13.1. The van der Waals surface area contributed by atoms with Crippen LogP contribution in [0.4, 0.5) is 0 Å². The van der Waals surface area contributed by atoms with Crippen molar-refractivity contribution in [2.75, 3.05) is 13.1 Å². The van der Waals surface area contributed by atoms with Crippen molar-refractivity contribution in [1.82, 2.24) is 19.7 Å². The first-order chi connectivity index (χ1) is 14.2. The van der Waals surface area contributed by atoms with E-state index in [2.05, 4.69) is 23.3 Å². The molecule has 29 heavy (non-hydrogen) atoms. The summed E-state index contributed by atoms with van der Waals surface area (Å²) >= 11 is 1.76. The minimum atomic E-state index is 0.0968. The quantitative estimate of drug-likeness (QED) is 0.494. The van der Waals surface area contributed by atoms with Gasteiger partial charge in [0.05, 0.1) is 20.9 Å². The summed E-state index contributed by atoms with van der Waals surface area (Å²) in [6.07, 6.45) is 3.88. The van der Waals surface area contributed by atoms with Gasteiger partial charge in [-0.15, -0.1) is 11.3 Å². The van der Waals surface area contributed by atoms with Crippen molar-refractivity contribution < 1.29 is 4.79 Å². The summed E-state index contributed by atoms with van der Waals surface area (Å²) in [7, 11) is 0. The standard InChI is InChI=1S/C23H22N4OS/c1-16-12-13-24-27(16)19-10-8-17(9-11-19)23(28)26-14-4-5-18(15-26)22-25-20-6-2-3-7-21(20)29-22/h2-3,6-13,18H,4-5,14-15H2,1H3. The lowest BCUT2D eigenvalue weighted by Gasteiger charge is -2.32. The van der Waals surface area contributed by atoms with Gasteiger partial charge in [0.1, 0.15) is 0 Å². The van der Waals surface area contributed by atoms with Crippen LogP contribution in [0, 0.1) is 6.92 Å². The van der Waals surface area contributed by atoms with Crippen LogP contribution in [0.1, 0.15) is 39.8 Å². The van der Waals surface area contributed by atoms with E-state index in [-0.39, 0.29) is 5.91 Å². The number of piperidine rings is 1. The summed E-state index contributed by atoms with van der Waals surface area (Å²) in [6, 6.07) is 17.9. The molecule has 1 fully saturated rings. The largest absolute Gasteiger partial charge is 0.338 e. The Morgan fingerprint density at radius 1 is 1.10 bits per heavy atom. The van der Waals surface area contributed by atoms with Gasteiger partial charge < -0.3 is 4.90 Å². The lowest BCUT2D eigenvalue weighted by atomic mass is 9.98. The summed E-state index contributed by atoms with van der Waals surface area (Å²) in [5, 5.41) is 5.47. The number of para-hydroxylation sites is 1. The van der Waals surface area contributed by atoms with Gasteiger partial charge in [0, 0.05) is 36.5 Å². The Morgan fingerprint density at radius 3 is 2.69 bits per heavy atom. The SMILES string of the molecule is Cc1ccnn1-c1ccc(C(=O)N2CCCC(c3nc4ccccc4s3)C2)cc1. The first-order valence-electron chi connectivity index (χ1n) is 9.95. The van der Waals surface area contributed by atoms with Crippen LogP contribution < -0.4 is 0 Å². The molecule has 3 heterocycles. The molecule has 2 aromatic carbocycles. The highest BCUT2D eigenvalue weighted by Gasteiger charge is 2.27. The van der Waals surface area contributed by atoms with Crippen LogP contribution in [0.3, 0.4) is 0 Å². The lowest BCUT2D eigenvalue weighted by molar-refractivity contribution is 0.0707. The molecular weight excluding hydrogens is 380 g/mol. The monoisotopic (exact) mass is 402 g/mol. The molecule has 1 unspecified atom stereocenters. The molecule has 6 heteroatoms. The highest BCUT2D eigenvalue weighted by atomic mass is 32.1. The molecule has 0 saturated carbocycles. The second-order valence-electron chi connectivity index (χ2n) is 7.54. The number of hydrogen-bond donors (Lipinski definition) is 0. The molecule has 0 bridgehead atoms. The molecule has 4 aromatic rings. The Kier molecular flexibility index (Phi) is 4.64. The van der Waals surface area contributed by atoms with Crippen LogP contribution in [0.15, 0.2) is 60.8 Å². The fraction of sp³-hybridized carbons (Fsp3) is 0.261. The zero-order valence-electron chi connectivity index (χ0n) is 16.3. The van der Waals surface area contributed by atoms with Crippen molar-refractivity contribution >= 4 is 27.5 Å². The van der Waals surface area contributed by atoms with Gasteiger partial charge in [-0.1, -0.05) is 12.1 Å². The van der Waals surface area contributed by atoms with Crippen molar-refractivity contribution in [3.63, 3.8) is 0 Å². The van der Waals surface area contributed by atoms with E-state index in [4.69, 9.17) is 4.98 Å². The van der Waals surface area contributed by atoms with E-state index in [1.807, 2.05) is 52.9 Å². The Labute approximate surface area is 173 Å². The molecule has 1 atom stereocenters. The van der Waals surface area contributed by atoms with E-state index in [1.165, 1.54) is 4.70 Å². The molecular formula is C23H22N4OS. The number of aryl methyl sites for hydroxylation is 1. The number of thiazole rings is 1. The fourth-order valence-corrected chi connectivity index (χ4v) is 5.09. The third-order valence-corrected chi connectivity index (χ3v) is 6.76. The lowest BCUT2D eigenvalue weighted by Crippen LogP contribution is -2.39.